The Labute approximate surface area is 166 Å². The maximum atomic E-state index is 13.5. The summed E-state index contributed by atoms with van der Waals surface area (Å²) < 4.78 is 7.51. The largest absolute Gasteiger partial charge is 0.381 e. The van der Waals surface area contributed by atoms with E-state index >= 15 is 0 Å². The highest BCUT2D eigenvalue weighted by Crippen LogP contribution is 2.36. The number of carbonyl (C=O) groups excluding carboxylic acids is 1. The van der Waals surface area contributed by atoms with Crippen LogP contribution in [0.25, 0.3) is 0 Å². The molecule has 2 N–H and O–H groups in total. The zero-order valence-corrected chi connectivity index (χ0v) is 16.6. The van der Waals surface area contributed by atoms with E-state index in [0.29, 0.717) is 6.54 Å². The van der Waals surface area contributed by atoms with Gasteiger partial charge < -0.3 is 15.4 Å². The number of piperidine rings is 1. The molecule has 0 radical (unpaired) electrons. The van der Waals surface area contributed by atoms with E-state index in [1.165, 1.54) is 11.1 Å². The molecule has 28 heavy (non-hydrogen) atoms. The molecule has 0 spiro atoms. The molecule has 2 aromatic rings. The maximum absolute atomic E-state index is 13.5. The van der Waals surface area contributed by atoms with Gasteiger partial charge in [0.1, 0.15) is 5.54 Å². The lowest BCUT2D eigenvalue weighted by molar-refractivity contribution is -0.132. The van der Waals surface area contributed by atoms with Crippen molar-refractivity contribution in [2.45, 2.75) is 43.6 Å². The monoisotopic (exact) mass is 382 g/mol. The molecule has 150 valence electrons. The number of hydrogen-bond donors (Lipinski definition) is 2. The van der Waals surface area contributed by atoms with Crippen LogP contribution in [-0.4, -0.2) is 48.5 Å². The maximum Gasteiger partial charge on any atom is 0.248 e. The first kappa shape index (κ1) is 19.2. The summed E-state index contributed by atoms with van der Waals surface area (Å²) in [5.41, 5.74) is 1.93. The summed E-state index contributed by atoms with van der Waals surface area (Å²) >= 11 is 0. The van der Waals surface area contributed by atoms with Gasteiger partial charge in [0.2, 0.25) is 5.91 Å². The average Bonchev–Trinajstić information content (AvgIpc) is 3.29. The van der Waals surface area contributed by atoms with Gasteiger partial charge in [0, 0.05) is 37.6 Å². The van der Waals surface area contributed by atoms with Gasteiger partial charge in [-0.05, 0) is 62.9 Å². The molecule has 0 unspecified atom stereocenters. The van der Waals surface area contributed by atoms with E-state index in [-0.39, 0.29) is 11.3 Å². The summed E-state index contributed by atoms with van der Waals surface area (Å²) in [4.78, 5) is 13.5. The van der Waals surface area contributed by atoms with Crippen LogP contribution >= 0.6 is 0 Å². The van der Waals surface area contributed by atoms with Gasteiger partial charge in [-0.3, -0.25) is 9.48 Å². The van der Waals surface area contributed by atoms with E-state index < -0.39 is 5.54 Å². The minimum absolute atomic E-state index is 0.0719. The fourth-order valence-electron chi connectivity index (χ4n) is 4.81. The number of ether oxygens (including phenoxy) is 1. The zero-order chi connectivity index (χ0) is 19.5. The lowest BCUT2D eigenvalue weighted by Gasteiger charge is -2.41. The minimum Gasteiger partial charge on any atom is -0.381 e. The first-order chi connectivity index (χ1) is 13.7. The Hall–Kier alpha value is -2.18. The van der Waals surface area contributed by atoms with Gasteiger partial charge in [-0.1, -0.05) is 24.3 Å². The number of aryl methyl sites for hydroxylation is 1. The molecule has 0 aliphatic carbocycles. The first-order valence-electron chi connectivity index (χ1n) is 10.3. The molecule has 0 saturated carbocycles. The van der Waals surface area contributed by atoms with Gasteiger partial charge in [-0.2, -0.15) is 5.10 Å². The predicted molar refractivity (Wildman–Crippen MR) is 108 cm³/mol. The third-order valence-electron chi connectivity index (χ3n) is 6.55. The number of benzene rings is 1. The Morgan fingerprint density at radius 2 is 1.93 bits per heavy atom. The Morgan fingerprint density at radius 3 is 2.61 bits per heavy atom. The molecule has 0 bridgehead atoms. The van der Waals surface area contributed by atoms with Crippen LogP contribution in [0.5, 0.6) is 0 Å². The van der Waals surface area contributed by atoms with Gasteiger partial charge in [-0.25, -0.2) is 0 Å². The van der Waals surface area contributed by atoms with Crippen LogP contribution < -0.4 is 10.6 Å². The van der Waals surface area contributed by atoms with Crippen molar-refractivity contribution in [3.05, 3.63) is 53.9 Å². The van der Waals surface area contributed by atoms with E-state index in [2.05, 4.69) is 46.9 Å². The number of nitrogens with one attached hydrogen (secondary N) is 2. The molecule has 3 heterocycles. The Morgan fingerprint density at radius 1 is 1.18 bits per heavy atom. The molecule has 1 aromatic heterocycles. The van der Waals surface area contributed by atoms with Gasteiger partial charge >= 0.3 is 0 Å². The Kier molecular flexibility index (Phi) is 5.51. The second kappa shape index (κ2) is 8.05. The molecule has 2 saturated heterocycles. The van der Waals surface area contributed by atoms with Crippen molar-refractivity contribution in [3.8, 4) is 0 Å². The van der Waals surface area contributed by atoms with Crippen molar-refractivity contribution < 1.29 is 9.53 Å². The van der Waals surface area contributed by atoms with Crippen molar-refractivity contribution in [1.82, 2.24) is 20.4 Å². The average molecular weight is 383 g/mol. The molecule has 6 heteroatoms. The lowest BCUT2D eigenvalue weighted by Crippen LogP contribution is -2.57. The van der Waals surface area contributed by atoms with Crippen molar-refractivity contribution in [1.29, 1.82) is 0 Å². The smallest absolute Gasteiger partial charge is 0.248 e. The van der Waals surface area contributed by atoms with Crippen LogP contribution in [0.1, 0.15) is 36.8 Å². The Bertz CT molecular complexity index is 791. The van der Waals surface area contributed by atoms with Crippen molar-refractivity contribution in [2.75, 3.05) is 32.8 Å². The molecule has 2 aliphatic heterocycles. The van der Waals surface area contributed by atoms with Crippen LogP contribution in [-0.2, 0) is 20.5 Å². The van der Waals surface area contributed by atoms with Crippen LogP contribution in [0.2, 0.25) is 0 Å². The fourth-order valence-corrected chi connectivity index (χ4v) is 4.81. The summed E-state index contributed by atoms with van der Waals surface area (Å²) in [5, 5.41) is 11.1. The quantitative estimate of drug-likeness (QED) is 0.831. The van der Waals surface area contributed by atoms with Crippen LogP contribution in [0.4, 0.5) is 0 Å². The minimum atomic E-state index is -0.604. The fraction of sp³-hybridized carbons (Fsp3) is 0.545. The standard InChI is InChI=1S/C22H30N4O2/c1-18-5-2-3-6-19(18)21(9-15-28-16-10-21)17-24-20(27)22(7-12-23-13-8-22)26-14-4-11-25-26/h2-6,11,14,23H,7-10,12-13,15-17H2,1H3,(H,24,27). The number of rotatable bonds is 5. The number of carbonyl (C=O) groups is 1. The van der Waals surface area contributed by atoms with Gasteiger partial charge in [0.25, 0.3) is 0 Å². The summed E-state index contributed by atoms with van der Waals surface area (Å²) in [5.74, 6) is 0.0807. The van der Waals surface area contributed by atoms with Crippen molar-refractivity contribution >= 4 is 5.91 Å². The van der Waals surface area contributed by atoms with Crippen LogP contribution in [0.3, 0.4) is 0 Å². The van der Waals surface area contributed by atoms with Crippen LogP contribution in [0.15, 0.2) is 42.7 Å². The molecule has 4 rings (SSSR count). The molecule has 6 nitrogen and oxygen atoms in total. The topological polar surface area (TPSA) is 68.2 Å². The third kappa shape index (κ3) is 3.47. The lowest BCUT2D eigenvalue weighted by atomic mass is 9.72. The van der Waals surface area contributed by atoms with Gasteiger partial charge in [0.15, 0.2) is 0 Å². The summed E-state index contributed by atoms with van der Waals surface area (Å²) in [6.07, 6.45) is 7.02. The molecule has 1 aromatic carbocycles. The molecular formula is C22H30N4O2. The molecule has 1 amide bonds. The number of aromatic nitrogens is 2. The second-order valence-electron chi connectivity index (χ2n) is 8.12. The molecule has 2 fully saturated rings. The Balaban J connectivity index is 1.58. The predicted octanol–water partition coefficient (Wildman–Crippen LogP) is 2.13. The van der Waals surface area contributed by atoms with E-state index in [1.807, 2.05) is 16.9 Å². The molecular weight excluding hydrogens is 352 g/mol. The van der Waals surface area contributed by atoms with E-state index in [4.69, 9.17) is 4.74 Å². The number of hydrogen-bond acceptors (Lipinski definition) is 4. The number of amides is 1. The molecule has 0 atom stereocenters. The summed E-state index contributed by atoms with van der Waals surface area (Å²) in [7, 11) is 0. The first-order valence-corrected chi connectivity index (χ1v) is 10.3. The highest BCUT2D eigenvalue weighted by atomic mass is 16.5. The second-order valence-corrected chi connectivity index (χ2v) is 8.12. The molecule has 2 aliphatic rings. The highest BCUT2D eigenvalue weighted by molar-refractivity contribution is 5.84. The SMILES string of the molecule is Cc1ccccc1C1(CNC(=O)C2(n3cccn3)CCNCC2)CCOCC1. The summed E-state index contributed by atoms with van der Waals surface area (Å²) in [6, 6.07) is 10.4. The van der Waals surface area contributed by atoms with E-state index in [1.54, 1.807) is 6.20 Å². The van der Waals surface area contributed by atoms with Crippen molar-refractivity contribution in [3.63, 3.8) is 0 Å². The van der Waals surface area contributed by atoms with E-state index in [9.17, 15) is 4.79 Å². The van der Waals surface area contributed by atoms with Gasteiger partial charge in [-0.15, -0.1) is 0 Å². The van der Waals surface area contributed by atoms with Crippen LogP contribution in [0, 0.1) is 6.92 Å². The number of nitrogens with zero attached hydrogens (tertiary/aromatic N) is 2. The van der Waals surface area contributed by atoms with E-state index in [0.717, 1.165) is 52.0 Å². The van der Waals surface area contributed by atoms with Crippen molar-refractivity contribution in [2.24, 2.45) is 0 Å². The third-order valence-corrected chi connectivity index (χ3v) is 6.55. The normalized spacial score (nSPS) is 21.2. The highest BCUT2D eigenvalue weighted by Gasteiger charge is 2.43. The summed E-state index contributed by atoms with van der Waals surface area (Å²) in [6.45, 7) is 5.91. The van der Waals surface area contributed by atoms with Gasteiger partial charge in [0.05, 0.1) is 0 Å². The zero-order valence-electron chi connectivity index (χ0n) is 16.6.